The van der Waals surface area contributed by atoms with Gasteiger partial charge in [0.15, 0.2) is 0 Å². The second kappa shape index (κ2) is 9.11. The normalized spacial score (nSPS) is 15.2. The molecule has 1 amide bonds. The molecule has 10 heteroatoms. The fourth-order valence-electron chi connectivity index (χ4n) is 2.69. The van der Waals surface area contributed by atoms with Crippen molar-refractivity contribution in [3.05, 3.63) is 52.5 Å². The van der Waals surface area contributed by atoms with Crippen molar-refractivity contribution >= 4 is 50.5 Å². The summed E-state index contributed by atoms with van der Waals surface area (Å²) in [5.74, 6) is -0.350. The lowest BCUT2D eigenvalue weighted by atomic mass is 10.3. The average Bonchev–Trinajstić information content (AvgIpc) is 2.70. The summed E-state index contributed by atoms with van der Waals surface area (Å²) in [7, 11) is -3.63. The van der Waals surface area contributed by atoms with E-state index in [4.69, 9.17) is 27.9 Å². The summed E-state index contributed by atoms with van der Waals surface area (Å²) in [6, 6.07) is 11.2. The van der Waals surface area contributed by atoms with Gasteiger partial charge in [-0.3, -0.25) is 4.79 Å². The quantitative estimate of drug-likeness (QED) is 0.715. The van der Waals surface area contributed by atoms with Crippen molar-refractivity contribution in [3.8, 4) is 0 Å². The molecule has 0 saturated carbocycles. The van der Waals surface area contributed by atoms with E-state index in [1.54, 1.807) is 30.3 Å². The van der Waals surface area contributed by atoms with Crippen LogP contribution >= 0.6 is 23.2 Å². The predicted molar refractivity (Wildman–Crippen MR) is 110 cm³/mol. The van der Waals surface area contributed by atoms with Crippen molar-refractivity contribution in [1.29, 1.82) is 0 Å². The highest BCUT2D eigenvalue weighted by atomic mass is 35.5. The van der Waals surface area contributed by atoms with Crippen molar-refractivity contribution in [2.45, 2.75) is 4.90 Å². The summed E-state index contributed by atoms with van der Waals surface area (Å²) in [5.41, 5.74) is 0.922. The van der Waals surface area contributed by atoms with Gasteiger partial charge in [-0.1, -0.05) is 35.3 Å². The summed E-state index contributed by atoms with van der Waals surface area (Å²) in [6.45, 7) is 1.30. The third-order valence-corrected chi connectivity index (χ3v) is 6.83. The summed E-state index contributed by atoms with van der Waals surface area (Å²) in [4.78, 5) is 12.3. The molecule has 0 spiro atoms. The molecule has 28 heavy (non-hydrogen) atoms. The molecule has 0 radical (unpaired) electrons. The number of ether oxygens (including phenoxy) is 1. The van der Waals surface area contributed by atoms with Crippen LogP contribution in [-0.2, 0) is 19.6 Å². The third-order valence-electron chi connectivity index (χ3n) is 4.12. The number of sulfonamides is 1. The van der Waals surface area contributed by atoms with Gasteiger partial charge in [0.05, 0.1) is 40.4 Å². The van der Waals surface area contributed by atoms with Gasteiger partial charge < -0.3 is 15.4 Å². The van der Waals surface area contributed by atoms with Crippen LogP contribution in [-0.4, -0.2) is 51.5 Å². The number of morpholine rings is 1. The average molecular weight is 444 g/mol. The number of nitrogens with zero attached hydrogens (tertiary/aromatic N) is 1. The highest BCUT2D eigenvalue weighted by Gasteiger charge is 2.26. The number of anilines is 2. The first kappa shape index (κ1) is 20.9. The Kier molecular flexibility index (Phi) is 6.79. The molecular formula is C18H19Cl2N3O4S. The molecule has 2 N–H and O–H groups in total. The predicted octanol–water partition coefficient (Wildman–Crippen LogP) is 3.06. The number of halogens is 2. The molecule has 7 nitrogen and oxygen atoms in total. The van der Waals surface area contributed by atoms with Gasteiger partial charge in [0, 0.05) is 18.8 Å². The van der Waals surface area contributed by atoms with E-state index in [-0.39, 0.29) is 17.3 Å². The Hall–Kier alpha value is -1.84. The van der Waals surface area contributed by atoms with Gasteiger partial charge in [-0.05, 0) is 30.3 Å². The third kappa shape index (κ3) is 4.95. The first-order chi connectivity index (χ1) is 13.4. The number of nitrogens with one attached hydrogen (secondary N) is 2. The maximum atomic E-state index is 12.7. The Bertz CT molecular complexity index is 963. The van der Waals surface area contributed by atoms with Crippen LogP contribution in [0, 0.1) is 0 Å². The number of carbonyl (C=O) groups excluding carboxylic acids is 1. The number of hydrogen-bond acceptors (Lipinski definition) is 5. The summed E-state index contributed by atoms with van der Waals surface area (Å²) in [5, 5.41) is 6.29. The number of rotatable bonds is 6. The van der Waals surface area contributed by atoms with Crippen molar-refractivity contribution in [2.24, 2.45) is 0 Å². The molecule has 1 aliphatic rings. The standard InChI is InChI=1S/C18H19Cl2N3O4S/c19-15-5-2-6-16(18(15)20)21-12-17(24)22-13-3-1-4-14(11-13)28(25,26)23-7-9-27-10-8-23/h1-6,11,21H,7-10,12H2,(H,22,24). The van der Waals surface area contributed by atoms with Gasteiger partial charge in [0.1, 0.15) is 0 Å². The van der Waals surface area contributed by atoms with E-state index >= 15 is 0 Å². The lowest BCUT2D eigenvalue weighted by Crippen LogP contribution is -2.40. The largest absolute Gasteiger partial charge is 0.379 e. The molecule has 0 aromatic heterocycles. The van der Waals surface area contributed by atoms with E-state index in [9.17, 15) is 13.2 Å². The van der Waals surface area contributed by atoms with E-state index in [2.05, 4.69) is 10.6 Å². The van der Waals surface area contributed by atoms with Crippen molar-refractivity contribution < 1.29 is 17.9 Å². The molecule has 0 atom stereocenters. The highest BCUT2D eigenvalue weighted by Crippen LogP contribution is 2.29. The molecular weight excluding hydrogens is 425 g/mol. The topological polar surface area (TPSA) is 87.7 Å². The Morgan fingerprint density at radius 2 is 1.82 bits per heavy atom. The molecule has 0 unspecified atom stereocenters. The zero-order valence-corrected chi connectivity index (χ0v) is 17.1. The van der Waals surface area contributed by atoms with Crippen molar-refractivity contribution in [2.75, 3.05) is 43.5 Å². The minimum Gasteiger partial charge on any atom is -0.379 e. The van der Waals surface area contributed by atoms with Crippen LogP contribution in [0.25, 0.3) is 0 Å². The Morgan fingerprint density at radius 1 is 1.11 bits per heavy atom. The summed E-state index contributed by atoms with van der Waals surface area (Å²) >= 11 is 12.0. The van der Waals surface area contributed by atoms with E-state index < -0.39 is 10.0 Å². The molecule has 2 aromatic rings. The molecule has 1 saturated heterocycles. The minimum atomic E-state index is -3.63. The summed E-state index contributed by atoms with van der Waals surface area (Å²) < 4.78 is 32.0. The van der Waals surface area contributed by atoms with Gasteiger partial charge >= 0.3 is 0 Å². The highest BCUT2D eigenvalue weighted by molar-refractivity contribution is 7.89. The van der Waals surface area contributed by atoms with E-state index in [1.807, 2.05) is 0 Å². The smallest absolute Gasteiger partial charge is 0.243 e. The zero-order chi connectivity index (χ0) is 20.1. The van der Waals surface area contributed by atoms with Gasteiger partial charge in [-0.25, -0.2) is 8.42 Å². The van der Waals surface area contributed by atoms with Crippen molar-refractivity contribution in [1.82, 2.24) is 4.31 Å². The fraction of sp³-hybridized carbons (Fsp3) is 0.278. The van der Waals surface area contributed by atoms with E-state index in [1.165, 1.54) is 16.4 Å². The molecule has 2 aromatic carbocycles. The zero-order valence-electron chi connectivity index (χ0n) is 14.8. The lowest BCUT2D eigenvalue weighted by molar-refractivity contribution is -0.114. The Morgan fingerprint density at radius 3 is 2.57 bits per heavy atom. The first-order valence-corrected chi connectivity index (χ1v) is 10.7. The van der Waals surface area contributed by atoms with Crippen LogP contribution in [0.2, 0.25) is 10.0 Å². The molecule has 0 aliphatic carbocycles. The molecule has 150 valence electrons. The van der Waals surface area contributed by atoms with E-state index in [0.29, 0.717) is 47.7 Å². The maximum absolute atomic E-state index is 12.7. The van der Waals surface area contributed by atoms with Crippen molar-refractivity contribution in [3.63, 3.8) is 0 Å². The van der Waals surface area contributed by atoms with Crippen LogP contribution in [0.5, 0.6) is 0 Å². The van der Waals surface area contributed by atoms with Crippen LogP contribution in [0.15, 0.2) is 47.4 Å². The van der Waals surface area contributed by atoms with Crippen LogP contribution in [0.1, 0.15) is 0 Å². The van der Waals surface area contributed by atoms with Gasteiger partial charge in [0.25, 0.3) is 0 Å². The Balaban J connectivity index is 1.65. The molecule has 3 rings (SSSR count). The van der Waals surface area contributed by atoms with Crippen LogP contribution in [0.4, 0.5) is 11.4 Å². The van der Waals surface area contributed by atoms with Gasteiger partial charge in [-0.15, -0.1) is 0 Å². The van der Waals surface area contributed by atoms with Gasteiger partial charge in [0.2, 0.25) is 15.9 Å². The fourth-order valence-corrected chi connectivity index (χ4v) is 4.51. The molecule has 1 heterocycles. The SMILES string of the molecule is O=C(CNc1cccc(Cl)c1Cl)Nc1cccc(S(=O)(=O)N2CCOCC2)c1. The lowest BCUT2D eigenvalue weighted by Gasteiger charge is -2.26. The monoisotopic (exact) mass is 443 g/mol. The number of carbonyl (C=O) groups is 1. The number of amides is 1. The summed E-state index contributed by atoms with van der Waals surface area (Å²) in [6.07, 6.45) is 0. The second-order valence-electron chi connectivity index (χ2n) is 6.05. The second-order valence-corrected chi connectivity index (χ2v) is 8.77. The molecule has 1 aliphatic heterocycles. The Labute approximate surface area is 173 Å². The maximum Gasteiger partial charge on any atom is 0.243 e. The van der Waals surface area contributed by atoms with Crippen LogP contribution in [0.3, 0.4) is 0 Å². The van der Waals surface area contributed by atoms with E-state index in [0.717, 1.165) is 0 Å². The minimum absolute atomic E-state index is 0.0551. The molecule has 1 fully saturated rings. The number of benzene rings is 2. The molecule has 0 bridgehead atoms. The number of hydrogen-bond donors (Lipinski definition) is 2. The van der Waals surface area contributed by atoms with Gasteiger partial charge in [-0.2, -0.15) is 4.31 Å². The van der Waals surface area contributed by atoms with Crippen LogP contribution < -0.4 is 10.6 Å². The first-order valence-electron chi connectivity index (χ1n) is 8.53.